The summed E-state index contributed by atoms with van der Waals surface area (Å²) in [6.07, 6.45) is 3.82. The average Bonchev–Trinajstić information content (AvgIpc) is 2.60. The molecule has 3 atom stereocenters. The lowest BCUT2D eigenvalue weighted by Gasteiger charge is -2.30. The summed E-state index contributed by atoms with van der Waals surface area (Å²) in [6.45, 7) is 5.93. The molecular formula is C12H22N2O. The number of hydrogen-bond donors (Lipinski definition) is 2. The van der Waals surface area contributed by atoms with Crippen molar-refractivity contribution < 1.29 is 4.79 Å². The van der Waals surface area contributed by atoms with Gasteiger partial charge < -0.3 is 11.1 Å². The monoisotopic (exact) mass is 210 g/mol. The Morgan fingerprint density at radius 3 is 2.40 bits per heavy atom. The summed E-state index contributed by atoms with van der Waals surface area (Å²) in [5.74, 6) is 1.91. The minimum absolute atomic E-state index is 0.0139. The topological polar surface area (TPSA) is 55.1 Å². The van der Waals surface area contributed by atoms with Crippen molar-refractivity contribution >= 4 is 5.91 Å². The first-order valence-corrected chi connectivity index (χ1v) is 6.01. The molecule has 2 aliphatic carbocycles. The van der Waals surface area contributed by atoms with Crippen molar-refractivity contribution in [2.24, 2.45) is 23.5 Å². The van der Waals surface area contributed by atoms with E-state index in [-0.39, 0.29) is 17.5 Å². The lowest BCUT2D eigenvalue weighted by molar-refractivity contribution is -0.124. The lowest BCUT2D eigenvalue weighted by atomic mass is 9.96. The van der Waals surface area contributed by atoms with Crippen LogP contribution in [0.25, 0.3) is 0 Å². The Balaban J connectivity index is 1.88. The molecule has 0 aromatic heterocycles. The molecule has 2 aliphatic rings. The maximum absolute atomic E-state index is 12.0. The Morgan fingerprint density at radius 2 is 1.93 bits per heavy atom. The Labute approximate surface area is 91.8 Å². The van der Waals surface area contributed by atoms with Crippen LogP contribution in [0.5, 0.6) is 0 Å². The highest BCUT2D eigenvalue weighted by molar-refractivity contribution is 5.83. The number of carbonyl (C=O) groups excluding carboxylic acids is 1. The molecule has 0 saturated heterocycles. The Kier molecular flexibility index (Phi) is 2.53. The fourth-order valence-electron chi connectivity index (χ4n) is 2.73. The molecule has 0 spiro atoms. The molecule has 3 heteroatoms. The van der Waals surface area contributed by atoms with Gasteiger partial charge >= 0.3 is 0 Å². The van der Waals surface area contributed by atoms with Gasteiger partial charge in [0.25, 0.3) is 0 Å². The molecule has 2 rings (SSSR count). The van der Waals surface area contributed by atoms with Crippen LogP contribution in [0.4, 0.5) is 0 Å². The van der Waals surface area contributed by atoms with E-state index in [2.05, 4.69) is 5.32 Å². The fraction of sp³-hybridized carbons (Fsp3) is 0.917. The van der Waals surface area contributed by atoms with Crippen LogP contribution >= 0.6 is 0 Å². The van der Waals surface area contributed by atoms with Crippen molar-refractivity contribution in [3.8, 4) is 0 Å². The van der Waals surface area contributed by atoms with E-state index in [1.54, 1.807) is 0 Å². The highest BCUT2D eigenvalue weighted by Crippen LogP contribution is 2.57. The minimum Gasteiger partial charge on any atom is -0.349 e. The number of carbonyl (C=O) groups is 1. The first-order valence-electron chi connectivity index (χ1n) is 6.01. The van der Waals surface area contributed by atoms with E-state index in [4.69, 9.17) is 5.73 Å². The maximum atomic E-state index is 12.0. The first-order chi connectivity index (χ1) is 6.93. The predicted molar refractivity (Wildman–Crippen MR) is 60.2 cm³/mol. The van der Waals surface area contributed by atoms with Crippen molar-refractivity contribution in [2.75, 3.05) is 0 Å². The van der Waals surface area contributed by atoms with Crippen LogP contribution in [0.15, 0.2) is 0 Å². The highest BCUT2D eigenvalue weighted by Gasteiger charge is 2.56. The molecule has 0 aromatic rings. The van der Waals surface area contributed by atoms with Crippen LogP contribution < -0.4 is 11.1 Å². The van der Waals surface area contributed by atoms with E-state index >= 15 is 0 Å². The third kappa shape index (κ3) is 1.89. The number of amides is 1. The van der Waals surface area contributed by atoms with Crippen molar-refractivity contribution in [3.05, 3.63) is 0 Å². The molecule has 0 radical (unpaired) electrons. The van der Waals surface area contributed by atoms with Crippen molar-refractivity contribution in [1.82, 2.24) is 5.32 Å². The zero-order valence-corrected chi connectivity index (χ0v) is 9.92. The molecule has 86 valence electrons. The summed E-state index contributed by atoms with van der Waals surface area (Å²) in [6, 6.07) is -0.0139. The number of fused-ring (bicyclic) bond motifs is 1. The average molecular weight is 210 g/mol. The van der Waals surface area contributed by atoms with Gasteiger partial charge in [0.05, 0.1) is 0 Å². The second-order valence-electron chi connectivity index (χ2n) is 5.78. The van der Waals surface area contributed by atoms with Crippen molar-refractivity contribution in [3.63, 3.8) is 0 Å². The van der Waals surface area contributed by atoms with E-state index in [1.807, 2.05) is 20.8 Å². The molecular weight excluding hydrogens is 188 g/mol. The minimum atomic E-state index is -0.284. The van der Waals surface area contributed by atoms with Crippen LogP contribution in [-0.2, 0) is 4.79 Å². The lowest BCUT2D eigenvalue weighted by Crippen LogP contribution is -2.55. The van der Waals surface area contributed by atoms with Gasteiger partial charge in [0, 0.05) is 17.5 Å². The van der Waals surface area contributed by atoms with E-state index in [0.29, 0.717) is 17.8 Å². The van der Waals surface area contributed by atoms with Crippen molar-refractivity contribution in [2.45, 2.75) is 51.6 Å². The Hall–Kier alpha value is -0.570. The van der Waals surface area contributed by atoms with Gasteiger partial charge in [0.2, 0.25) is 5.91 Å². The van der Waals surface area contributed by atoms with Crippen LogP contribution in [0, 0.1) is 17.8 Å². The maximum Gasteiger partial charge on any atom is 0.224 e. The van der Waals surface area contributed by atoms with E-state index in [1.165, 1.54) is 19.3 Å². The fourth-order valence-corrected chi connectivity index (χ4v) is 2.73. The van der Waals surface area contributed by atoms with Gasteiger partial charge in [-0.15, -0.1) is 0 Å². The first kappa shape index (κ1) is 10.9. The zero-order chi connectivity index (χ0) is 11.2. The molecule has 0 bridgehead atoms. The molecule has 0 aliphatic heterocycles. The van der Waals surface area contributed by atoms with Crippen molar-refractivity contribution in [1.29, 1.82) is 0 Å². The van der Waals surface area contributed by atoms with Gasteiger partial charge in [-0.3, -0.25) is 4.79 Å². The summed E-state index contributed by atoms with van der Waals surface area (Å²) < 4.78 is 0. The molecule has 3 nitrogen and oxygen atoms in total. The van der Waals surface area contributed by atoms with Crippen LogP contribution in [0.3, 0.4) is 0 Å². The SMILES string of the molecule is CC(N)C(C)(C)NC(=O)C1C2CCCC21. The predicted octanol–water partition coefficient (Wildman–Crippen LogP) is 1.27. The Bertz CT molecular complexity index is 263. The smallest absolute Gasteiger partial charge is 0.224 e. The molecule has 1 amide bonds. The van der Waals surface area contributed by atoms with Gasteiger partial charge in [-0.25, -0.2) is 0 Å². The quantitative estimate of drug-likeness (QED) is 0.737. The van der Waals surface area contributed by atoms with Crippen LogP contribution in [0.2, 0.25) is 0 Å². The van der Waals surface area contributed by atoms with E-state index in [9.17, 15) is 4.79 Å². The number of nitrogens with one attached hydrogen (secondary N) is 1. The normalized spacial score (nSPS) is 35.9. The number of rotatable bonds is 3. The molecule has 15 heavy (non-hydrogen) atoms. The van der Waals surface area contributed by atoms with Gasteiger partial charge in [0.1, 0.15) is 0 Å². The second kappa shape index (κ2) is 3.48. The zero-order valence-electron chi connectivity index (χ0n) is 9.92. The summed E-state index contributed by atoms with van der Waals surface area (Å²) >= 11 is 0. The summed E-state index contributed by atoms with van der Waals surface area (Å²) in [5, 5.41) is 3.08. The molecule has 2 saturated carbocycles. The van der Waals surface area contributed by atoms with Crippen LogP contribution in [-0.4, -0.2) is 17.5 Å². The largest absolute Gasteiger partial charge is 0.349 e. The number of hydrogen-bond acceptors (Lipinski definition) is 2. The summed E-state index contributed by atoms with van der Waals surface area (Å²) in [5.41, 5.74) is 5.56. The highest BCUT2D eigenvalue weighted by atomic mass is 16.2. The second-order valence-corrected chi connectivity index (χ2v) is 5.78. The molecule has 2 fully saturated rings. The molecule has 0 aromatic carbocycles. The standard InChI is InChI=1S/C12H22N2O/c1-7(13)12(2,3)14-11(15)10-8-5-4-6-9(8)10/h7-10H,4-6,13H2,1-3H3,(H,14,15). The van der Waals surface area contributed by atoms with Gasteiger partial charge in [0.15, 0.2) is 0 Å². The van der Waals surface area contributed by atoms with Gasteiger partial charge in [-0.05, 0) is 45.4 Å². The van der Waals surface area contributed by atoms with Gasteiger partial charge in [-0.1, -0.05) is 6.42 Å². The third-order valence-corrected chi connectivity index (χ3v) is 4.29. The molecule has 3 N–H and O–H groups in total. The van der Waals surface area contributed by atoms with E-state index in [0.717, 1.165) is 0 Å². The van der Waals surface area contributed by atoms with E-state index < -0.39 is 0 Å². The molecule has 0 heterocycles. The Morgan fingerprint density at radius 1 is 1.40 bits per heavy atom. The summed E-state index contributed by atoms with van der Waals surface area (Å²) in [7, 11) is 0. The van der Waals surface area contributed by atoms with Gasteiger partial charge in [-0.2, -0.15) is 0 Å². The number of nitrogens with two attached hydrogens (primary N) is 1. The van der Waals surface area contributed by atoms with Crippen LogP contribution in [0.1, 0.15) is 40.0 Å². The summed E-state index contributed by atoms with van der Waals surface area (Å²) in [4.78, 5) is 12.0. The molecule has 3 unspecified atom stereocenters. The third-order valence-electron chi connectivity index (χ3n) is 4.29.